The number of fused-ring (bicyclic) bond motifs is 1. The number of methoxy groups -OCH3 is 1. The third-order valence-electron chi connectivity index (χ3n) is 2.52. The van der Waals surface area contributed by atoms with Crippen LogP contribution in [-0.2, 0) is 0 Å². The van der Waals surface area contributed by atoms with Crippen LogP contribution in [-0.4, -0.2) is 41.6 Å². The minimum atomic E-state index is -1.15. The summed E-state index contributed by atoms with van der Waals surface area (Å²) in [5.74, 6) is -0.734. The van der Waals surface area contributed by atoms with E-state index in [1.54, 1.807) is 25.3 Å². The Kier molecular flexibility index (Phi) is 5.76. The van der Waals surface area contributed by atoms with Gasteiger partial charge in [0.2, 0.25) is 0 Å². The quantitative estimate of drug-likeness (QED) is 0.671. The summed E-state index contributed by atoms with van der Waals surface area (Å²) >= 11 is 0. The van der Waals surface area contributed by atoms with Gasteiger partial charge in [0.15, 0.2) is 0 Å². The topological polar surface area (TPSA) is 113 Å². The molecule has 0 aliphatic carbocycles. The Balaban J connectivity index is 0.000000444. The first kappa shape index (κ1) is 15.7. The number of aromatic carboxylic acids is 1. The molecule has 108 valence electrons. The fourth-order valence-corrected chi connectivity index (χ4v) is 1.56. The van der Waals surface area contributed by atoms with E-state index in [0.29, 0.717) is 12.3 Å². The molecule has 0 saturated carbocycles. The smallest absolute Gasteiger partial charge is 0.339 e. The lowest BCUT2D eigenvalue weighted by Crippen LogP contribution is -2.02. The second-order valence-electron chi connectivity index (χ2n) is 3.90. The first-order valence-electron chi connectivity index (χ1n) is 5.88. The standard InChI is InChI=1S/C12H10O4.C2H7NO/c1-16-9-3-2-7-6-11(13)10(12(14)15)5-8(7)4-9;3-1-2-4/h2-6,13H,1H3,(H,14,15);4H,1-3H2. The Morgan fingerprint density at radius 2 is 1.90 bits per heavy atom. The zero-order valence-electron chi connectivity index (χ0n) is 11.0. The fourth-order valence-electron chi connectivity index (χ4n) is 1.56. The number of ether oxygens (including phenoxy) is 1. The fraction of sp³-hybridized carbons (Fsp3) is 0.214. The molecule has 5 N–H and O–H groups in total. The van der Waals surface area contributed by atoms with Gasteiger partial charge in [-0.3, -0.25) is 0 Å². The lowest BCUT2D eigenvalue weighted by Gasteiger charge is -2.05. The lowest BCUT2D eigenvalue weighted by molar-refractivity contribution is 0.0694. The number of aromatic hydroxyl groups is 1. The van der Waals surface area contributed by atoms with Gasteiger partial charge in [-0.05, 0) is 35.0 Å². The molecule has 6 nitrogen and oxygen atoms in total. The number of aliphatic hydroxyl groups is 1. The maximum Gasteiger partial charge on any atom is 0.339 e. The van der Waals surface area contributed by atoms with E-state index in [0.717, 1.165) is 10.8 Å². The minimum absolute atomic E-state index is 0.0972. The highest BCUT2D eigenvalue weighted by Crippen LogP contribution is 2.27. The Morgan fingerprint density at radius 1 is 1.25 bits per heavy atom. The van der Waals surface area contributed by atoms with Crippen molar-refractivity contribution in [2.75, 3.05) is 20.3 Å². The van der Waals surface area contributed by atoms with Crippen molar-refractivity contribution in [3.8, 4) is 11.5 Å². The van der Waals surface area contributed by atoms with Crippen molar-refractivity contribution in [3.63, 3.8) is 0 Å². The molecule has 2 rings (SSSR count). The Bertz CT molecular complexity index is 595. The average molecular weight is 279 g/mol. The molecule has 0 bridgehead atoms. The highest BCUT2D eigenvalue weighted by Gasteiger charge is 2.10. The van der Waals surface area contributed by atoms with Gasteiger partial charge >= 0.3 is 5.97 Å². The second-order valence-corrected chi connectivity index (χ2v) is 3.90. The number of carbonyl (C=O) groups is 1. The summed E-state index contributed by atoms with van der Waals surface area (Å²) in [6, 6.07) is 8.09. The summed E-state index contributed by atoms with van der Waals surface area (Å²) in [5, 5.41) is 27.6. The molecular formula is C14H17NO5. The molecule has 0 fully saturated rings. The van der Waals surface area contributed by atoms with Gasteiger partial charge < -0.3 is 25.8 Å². The van der Waals surface area contributed by atoms with Crippen LogP contribution in [0, 0.1) is 0 Å². The van der Waals surface area contributed by atoms with E-state index in [1.807, 2.05) is 0 Å². The van der Waals surface area contributed by atoms with E-state index < -0.39 is 5.97 Å². The molecule has 0 unspecified atom stereocenters. The molecule has 0 saturated heterocycles. The van der Waals surface area contributed by atoms with Crippen LogP contribution in [0.15, 0.2) is 30.3 Å². The molecule has 0 amide bonds. The number of nitrogens with two attached hydrogens (primary N) is 1. The first-order valence-corrected chi connectivity index (χ1v) is 5.88. The average Bonchev–Trinajstić information content (AvgIpc) is 2.46. The van der Waals surface area contributed by atoms with Crippen LogP contribution in [0.1, 0.15) is 10.4 Å². The molecule has 20 heavy (non-hydrogen) atoms. The molecule has 0 spiro atoms. The minimum Gasteiger partial charge on any atom is -0.507 e. The van der Waals surface area contributed by atoms with Gasteiger partial charge in [-0.1, -0.05) is 6.07 Å². The predicted octanol–water partition coefficient (Wildman–Crippen LogP) is 1.19. The van der Waals surface area contributed by atoms with E-state index in [1.165, 1.54) is 12.1 Å². The maximum absolute atomic E-state index is 10.8. The lowest BCUT2D eigenvalue weighted by atomic mass is 10.1. The van der Waals surface area contributed by atoms with E-state index in [9.17, 15) is 9.90 Å². The van der Waals surface area contributed by atoms with Crippen LogP contribution < -0.4 is 10.5 Å². The second kappa shape index (κ2) is 7.32. The Labute approximate surface area is 116 Å². The summed E-state index contributed by atoms with van der Waals surface area (Å²) in [7, 11) is 1.54. The van der Waals surface area contributed by atoms with Crippen molar-refractivity contribution in [3.05, 3.63) is 35.9 Å². The summed E-state index contributed by atoms with van der Waals surface area (Å²) in [5.41, 5.74) is 4.67. The van der Waals surface area contributed by atoms with Crippen LogP contribution in [0.25, 0.3) is 10.8 Å². The zero-order valence-corrected chi connectivity index (χ0v) is 11.0. The number of carboxylic acid groups (broad SMARTS) is 1. The van der Waals surface area contributed by atoms with Crippen LogP contribution in [0.5, 0.6) is 11.5 Å². The zero-order chi connectivity index (χ0) is 15.1. The number of rotatable bonds is 3. The molecular weight excluding hydrogens is 262 g/mol. The predicted molar refractivity (Wildman–Crippen MR) is 75.3 cm³/mol. The highest BCUT2D eigenvalue weighted by atomic mass is 16.5. The van der Waals surface area contributed by atoms with Crippen molar-refractivity contribution >= 4 is 16.7 Å². The molecule has 0 heterocycles. The van der Waals surface area contributed by atoms with Gasteiger partial charge in [0.1, 0.15) is 17.1 Å². The first-order chi connectivity index (χ1) is 9.53. The van der Waals surface area contributed by atoms with Gasteiger partial charge in [0.05, 0.1) is 13.7 Å². The van der Waals surface area contributed by atoms with Crippen LogP contribution in [0.2, 0.25) is 0 Å². The van der Waals surface area contributed by atoms with E-state index in [2.05, 4.69) is 0 Å². The Morgan fingerprint density at radius 3 is 2.40 bits per heavy atom. The number of phenols is 1. The molecule has 0 aromatic heterocycles. The Hall–Kier alpha value is -2.31. The van der Waals surface area contributed by atoms with Gasteiger partial charge in [0, 0.05) is 6.54 Å². The summed E-state index contributed by atoms with van der Waals surface area (Å²) in [4.78, 5) is 10.8. The van der Waals surface area contributed by atoms with E-state index in [-0.39, 0.29) is 17.9 Å². The van der Waals surface area contributed by atoms with Crippen molar-refractivity contribution in [1.82, 2.24) is 0 Å². The maximum atomic E-state index is 10.8. The van der Waals surface area contributed by atoms with Gasteiger partial charge in [-0.2, -0.15) is 0 Å². The molecule has 0 aliphatic heterocycles. The summed E-state index contributed by atoms with van der Waals surface area (Å²) in [6.45, 7) is 0.472. The summed E-state index contributed by atoms with van der Waals surface area (Å²) < 4.78 is 5.04. The van der Waals surface area contributed by atoms with Gasteiger partial charge in [-0.25, -0.2) is 4.79 Å². The SMILES string of the molecule is COc1ccc2cc(O)c(C(=O)O)cc2c1.NCCO. The van der Waals surface area contributed by atoms with Crippen molar-refractivity contribution < 1.29 is 24.9 Å². The van der Waals surface area contributed by atoms with Gasteiger partial charge in [-0.15, -0.1) is 0 Å². The number of hydrogen-bond acceptors (Lipinski definition) is 5. The third kappa shape index (κ3) is 3.84. The molecule has 0 radical (unpaired) electrons. The molecule has 2 aromatic carbocycles. The molecule has 0 aliphatic rings. The van der Waals surface area contributed by atoms with Crippen molar-refractivity contribution in [2.24, 2.45) is 5.73 Å². The van der Waals surface area contributed by atoms with Crippen LogP contribution in [0.4, 0.5) is 0 Å². The number of carboxylic acids is 1. The van der Waals surface area contributed by atoms with E-state index >= 15 is 0 Å². The normalized spacial score (nSPS) is 9.75. The van der Waals surface area contributed by atoms with Crippen LogP contribution in [0.3, 0.4) is 0 Å². The highest BCUT2D eigenvalue weighted by molar-refractivity contribution is 5.97. The third-order valence-corrected chi connectivity index (χ3v) is 2.52. The molecule has 2 aromatic rings. The molecule has 6 heteroatoms. The van der Waals surface area contributed by atoms with Crippen molar-refractivity contribution in [1.29, 1.82) is 0 Å². The van der Waals surface area contributed by atoms with E-state index in [4.69, 9.17) is 20.7 Å². The largest absolute Gasteiger partial charge is 0.507 e. The van der Waals surface area contributed by atoms with Gasteiger partial charge in [0.25, 0.3) is 0 Å². The number of benzene rings is 2. The number of aliphatic hydroxyl groups excluding tert-OH is 1. The van der Waals surface area contributed by atoms with Crippen LogP contribution >= 0.6 is 0 Å². The van der Waals surface area contributed by atoms with Crippen molar-refractivity contribution in [2.45, 2.75) is 0 Å². The summed E-state index contributed by atoms with van der Waals surface area (Å²) in [6.07, 6.45) is 0. The number of hydrogen-bond donors (Lipinski definition) is 4. The monoisotopic (exact) mass is 279 g/mol. The molecule has 0 atom stereocenters.